The molecule has 2 rings (SSSR count). The van der Waals surface area contributed by atoms with E-state index >= 15 is 0 Å². The maximum absolute atomic E-state index is 13.3. The number of hydrogen-bond acceptors (Lipinski definition) is 6. The zero-order valence-corrected chi connectivity index (χ0v) is 18.3. The van der Waals surface area contributed by atoms with E-state index in [0.717, 1.165) is 34.8 Å². The lowest BCUT2D eigenvalue weighted by molar-refractivity contribution is -0.152. The number of ether oxygens (including phenoxy) is 1. The van der Waals surface area contributed by atoms with Gasteiger partial charge in [0, 0.05) is 4.88 Å². The Kier molecular flexibility index (Phi) is 7.17. The molecule has 0 saturated heterocycles. The van der Waals surface area contributed by atoms with E-state index < -0.39 is 12.0 Å². The van der Waals surface area contributed by atoms with E-state index in [-0.39, 0.29) is 11.7 Å². The summed E-state index contributed by atoms with van der Waals surface area (Å²) < 4.78 is 7.03. The first kappa shape index (κ1) is 21.6. The number of hydrogen-bond donors (Lipinski definition) is 0. The molecule has 2 heterocycles. The lowest BCUT2D eigenvalue weighted by Crippen LogP contribution is -2.36. The van der Waals surface area contributed by atoms with Crippen LogP contribution in [0.3, 0.4) is 0 Å². The van der Waals surface area contributed by atoms with Crippen molar-refractivity contribution in [2.45, 2.75) is 73.6 Å². The molecule has 0 aliphatic rings. The fourth-order valence-corrected chi connectivity index (χ4v) is 4.03. The number of aromatic nitrogens is 2. The van der Waals surface area contributed by atoms with Crippen molar-refractivity contribution in [2.24, 2.45) is 0 Å². The highest BCUT2D eigenvalue weighted by Gasteiger charge is 2.26. The molecule has 0 bridgehead atoms. The van der Waals surface area contributed by atoms with Crippen LogP contribution in [-0.4, -0.2) is 39.6 Å². The van der Waals surface area contributed by atoms with Gasteiger partial charge in [0.05, 0.1) is 18.0 Å². The van der Waals surface area contributed by atoms with Crippen LogP contribution in [0.5, 0.6) is 0 Å². The molecule has 2 unspecified atom stereocenters. The summed E-state index contributed by atoms with van der Waals surface area (Å²) in [5.41, 5.74) is 0.788. The van der Waals surface area contributed by atoms with Crippen LogP contribution in [-0.2, 0) is 16.1 Å². The third-order valence-electron chi connectivity index (χ3n) is 5.19. The molecule has 0 N–H and O–H groups in total. The van der Waals surface area contributed by atoms with Crippen LogP contribution in [0.1, 0.15) is 63.3 Å². The highest BCUT2D eigenvalue weighted by atomic mass is 32.1. The third-order valence-corrected chi connectivity index (χ3v) is 6.29. The Balaban J connectivity index is 2.62. The van der Waals surface area contributed by atoms with Gasteiger partial charge in [0.1, 0.15) is 16.7 Å². The summed E-state index contributed by atoms with van der Waals surface area (Å²) in [4.78, 5) is 34.8. The smallest absolute Gasteiger partial charge is 0.329 e. The van der Waals surface area contributed by atoms with E-state index in [1.807, 2.05) is 27.7 Å². The summed E-state index contributed by atoms with van der Waals surface area (Å²) in [5.74, 6) is 0.226. The van der Waals surface area contributed by atoms with Crippen LogP contribution in [0.25, 0.3) is 10.2 Å². The second kappa shape index (κ2) is 8.97. The Bertz CT molecular complexity index is 867. The monoisotopic (exact) mass is 393 g/mol. The summed E-state index contributed by atoms with van der Waals surface area (Å²) in [6.45, 7) is 15.8. The minimum atomic E-state index is -0.714. The van der Waals surface area contributed by atoms with Crippen molar-refractivity contribution in [3.05, 3.63) is 26.6 Å². The number of esters is 1. The van der Waals surface area contributed by atoms with Gasteiger partial charge in [-0.2, -0.15) is 0 Å². The van der Waals surface area contributed by atoms with E-state index in [0.29, 0.717) is 17.8 Å². The van der Waals surface area contributed by atoms with Gasteiger partial charge >= 0.3 is 5.97 Å². The van der Waals surface area contributed by atoms with Gasteiger partial charge in [-0.25, -0.2) is 9.78 Å². The number of carbonyl (C=O) groups excluding carboxylic acids is 1. The molecule has 2 atom stereocenters. The quantitative estimate of drug-likeness (QED) is 0.638. The molecule has 0 spiro atoms. The third kappa shape index (κ3) is 4.41. The summed E-state index contributed by atoms with van der Waals surface area (Å²) >= 11 is 1.53. The maximum Gasteiger partial charge on any atom is 0.329 e. The molecule has 27 heavy (non-hydrogen) atoms. The Morgan fingerprint density at radius 1 is 1.22 bits per heavy atom. The number of thiophene rings is 1. The molecule has 6 nitrogen and oxygen atoms in total. The lowest BCUT2D eigenvalue weighted by Gasteiger charge is -2.23. The predicted molar refractivity (Wildman–Crippen MR) is 111 cm³/mol. The molecule has 2 aromatic rings. The predicted octanol–water partition coefficient (Wildman–Crippen LogP) is 3.82. The molecule has 2 aromatic heterocycles. The van der Waals surface area contributed by atoms with E-state index in [1.165, 1.54) is 15.9 Å². The molecule has 0 aliphatic carbocycles. The van der Waals surface area contributed by atoms with Crippen molar-refractivity contribution in [3.8, 4) is 0 Å². The first-order valence-electron chi connectivity index (χ1n) is 9.68. The minimum Gasteiger partial charge on any atom is -0.461 e. The van der Waals surface area contributed by atoms with Crippen LogP contribution in [0.15, 0.2) is 4.79 Å². The molecule has 0 aromatic carbocycles. The Morgan fingerprint density at radius 2 is 1.85 bits per heavy atom. The van der Waals surface area contributed by atoms with E-state index in [9.17, 15) is 9.59 Å². The number of carbonyl (C=O) groups is 1. The average molecular weight is 394 g/mol. The van der Waals surface area contributed by atoms with Crippen molar-refractivity contribution in [1.82, 2.24) is 14.5 Å². The SMILES string of the molecule is CCC(C)OC(=O)C(C)n1c(CN(CC)CC)nc2sc(C)c(C)c2c1=O. The highest BCUT2D eigenvalue weighted by Crippen LogP contribution is 2.27. The Labute approximate surface area is 165 Å². The molecular weight excluding hydrogens is 362 g/mol. The highest BCUT2D eigenvalue weighted by molar-refractivity contribution is 7.18. The topological polar surface area (TPSA) is 64.4 Å². The van der Waals surface area contributed by atoms with Gasteiger partial charge in [-0.1, -0.05) is 20.8 Å². The van der Waals surface area contributed by atoms with Gasteiger partial charge in [-0.05, 0) is 52.8 Å². The molecule has 0 radical (unpaired) electrons. The first-order valence-corrected chi connectivity index (χ1v) is 10.5. The fraction of sp³-hybridized carbons (Fsp3) is 0.650. The molecule has 7 heteroatoms. The Morgan fingerprint density at radius 3 is 2.41 bits per heavy atom. The van der Waals surface area contributed by atoms with Crippen LogP contribution >= 0.6 is 11.3 Å². The molecule has 0 aliphatic heterocycles. The normalized spacial score (nSPS) is 13.9. The summed E-state index contributed by atoms with van der Waals surface area (Å²) in [5, 5.41) is 0.615. The minimum absolute atomic E-state index is 0.155. The first-order chi connectivity index (χ1) is 12.7. The standard InChI is InChI=1S/C20H31N3O3S/c1-8-12(4)26-20(25)14(6)23-16(11-22(9-2)10-3)21-18-17(19(23)24)13(5)15(7)27-18/h12,14H,8-11H2,1-7H3. The van der Waals surface area contributed by atoms with Gasteiger partial charge in [-0.3, -0.25) is 14.3 Å². The van der Waals surface area contributed by atoms with Gasteiger partial charge < -0.3 is 4.74 Å². The largest absolute Gasteiger partial charge is 0.461 e. The van der Waals surface area contributed by atoms with Gasteiger partial charge in [0.15, 0.2) is 0 Å². The van der Waals surface area contributed by atoms with Crippen molar-refractivity contribution in [1.29, 1.82) is 0 Å². The van der Waals surface area contributed by atoms with Crippen LogP contribution in [0.4, 0.5) is 0 Å². The second-order valence-corrected chi connectivity index (χ2v) is 8.16. The summed E-state index contributed by atoms with van der Waals surface area (Å²) in [6.07, 6.45) is 0.559. The van der Waals surface area contributed by atoms with Gasteiger partial charge in [-0.15, -0.1) is 11.3 Å². The van der Waals surface area contributed by atoms with E-state index in [2.05, 4.69) is 18.7 Å². The molecule has 150 valence electrons. The lowest BCUT2D eigenvalue weighted by atomic mass is 10.2. The van der Waals surface area contributed by atoms with Gasteiger partial charge in [0.2, 0.25) is 0 Å². The summed E-state index contributed by atoms with van der Waals surface area (Å²) in [7, 11) is 0. The van der Waals surface area contributed by atoms with Crippen LogP contribution in [0.2, 0.25) is 0 Å². The molecular formula is C20H31N3O3S. The zero-order valence-electron chi connectivity index (χ0n) is 17.5. The van der Waals surface area contributed by atoms with Crippen molar-refractivity contribution >= 4 is 27.5 Å². The van der Waals surface area contributed by atoms with Crippen LogP contribution in [0, 0.1) is 13.8 Å². The van der Waals surface area contributed by atoms with Crippen molar-refractivity contribution < 1.29 is 9.53 Å². The fourth-order valence-electron chi connectivity index (χ4n) is 2.99. The molecule has 0 amide bonds. The zero-order chi connectivity index (χ0) is 20.3. The van der Waals surface area contributed by atoms with Gasteiger partial charge in [0.25, 0.3) is 5.56 Å². The van der Waals surface area contributed by atoms with E-state index in [4.69, 9.17) is 9.72 Å². The van der Waals surface area contributed by atoms with Crippen LogP contribution < -0.4 is 5.56 Å². The molecule has 0 saturated carbocycles. The number of aryl methyl sites for hydroxylation is 2. The Hall–Kier alpha value is -1.73. The number of nitrogens with zero attached hydrogens (tertiary/aromatic N) is 3. The average Bonchev–Trinajstić information content (AvgIpc) is 2.93. The van der Waals surface area contributed by atoms with Crippen molar-refractivity contribution in [2.75, 3.05) is 13.1 Å². The van der Waals surface area contributed by atoms with E-state index in [1.54, 1.807) is 6.92 Å². The maximum atomic E-state index is 13.3. The van der Waals surface area contributed by atoms with Crippen molar-refractivity contribution in [3.63, 3.8) is 0 Å². The summed E-state index contributed by atoms with van der Waals surface area (Å²) in [6, 6.07) is -0.714. The molecule has 0 fully saturated rings. The second-order valence-electron chi connectivity index (χ2n) is 6.96. The number of rotatable bonds is 8. The number of fused-ring (bicyclic) bond motifs is 1.